The first-order valence-electron chi connectivity index (χ1n) is 6.01. The van der Waals surface area contributed by atoms with Crippen LogP contribution in [0.2, 0.25) is 0 Å². The van der Waals surface area contributed by atoms with E-state index < -0.39 is 0 Å². The minimum absolute atomic E-state index is 0.0628. The Bertz CT molecular complexity index is 524. The highest BCUT2D eigenvalue weighted by molar-refractivity contribution is 7.07. The predicted octanol–water partition coefficient (Wildman–Crippen LogP) is 1.94. The number of rotatable bonds is 5. The first-order chi connectivity index (χ1) is 9.19. The fourth-order valence-corrected chi connectivity index (χ4v) is 2.37. The van der Waals surface area contributed by atoms with Crippen molar-refractivity contribution in [2.24, 2.45) is 0 Å². The molecule has 2 heterocycles. The van der Waals surface area contributed by atoms with Crippen LogP contribution in [0.4, 0.5) is 5.82 Å². The molecule has 0 bridgehead atoms. The molecule has 5 nitrogen and oxygen atoms in total. The van der Waals surface area contributed by atoms with Crippen LogP contribution in [0.25, 0.3) is 0 Å². The maximum absolute atomic E-state index is 12.0. The zero-order valence-corrected chi connectivity index (χ0v) is 11.7. The summed E-state index contributed by atoms with van der Waals surface area (Å²) in [5.74, 6) is 0.445. The van der Waals surface area contributed by atoms with E-state index in [1.165, 1.54) is 11.8 Å². The molecule has 0 radical (unpaired) electrons. The smallest absolute Gasteiger partial charge is 0.271 e. The number of aromatic nitrogens is 2. The van der Waals surface area contributed by atoms with Crippen molar-refractivity contribution >= 4 is 23.1 Å². The quantitative estimate of drug-likeness (QED) is 0.876. The number of amides is 1. The summed E-state index contributed by atoms with van der Waals surface area (Å²) in [6, 6.07) is 2.13. The first-order valence-corrected chi connectivity index (χ1v) is 6.95. The van der Waals surface area contributed by atoms with Gasteiger partial charge in [0.2, 0.25) is 0 Å². The molecule has 2 N–H and O–H groups in total. The molecule has 0 aliphatic carbocycles. The molecule has 100 valence electrons. The standard InChI is InChI=1S/C13H16N4OS/c1-9(5-10-3-4-19-8-10)17-13(18)11-6-16-12(14-2)7-15-11/h3-4,6-9H,5H2,1-2H3,(H,14,16)(H,17,18). The average Bonchev–Trinajstić information content (AvgIpc) is 2.91. The maximum Gasteiger partial charge on any atom is 0.271 e. The molecule has 0 saturated heterocycles. The van der Waals surface area contributed by atoms with Crippen LogP contribution >= 0.6 is 11.3 Å². The molecular weight excluding hydrogens is 260 g/mol. The highest BCUT2D eigenvalue weighted by atomic mass is 32.1. The van der Waals surface area contributed by atoms with Gasteiger partial charge in [-0.1, -0.05) is 0 Å². The summed E-state index contributed by atoms with van der Waals surface area (Å²) in [6.45, 7) is 1.98. The highest BCUT2D eigenvalue weighted by Crippen LogP contribution is 2.09. The Hall–Kier alpha value is -1.95. The van der Waals surface area contributed by atoms with E-state index in [0.717, 1.165) is 6.42 Å². The van der Waals surface area contributed by atoms with E-state index in [1.807, 2.05) is 12.3 Å². The van der Waals surface area contributed by atoms with Crippen molar-refractivity contribution in [3.05, 3.63) is 40.5 Å². The second-order valence-corrected chi connectivity index (χ2v) is 5.03. The van der Waals surface area contributed by atoms with Gasteiger partial charge in [0.05, 0.1) is 12.4 Å². The van der Waals surface area contributed by atoms with E-state index in [2.05, 4.69) is 32.0 Å². The number of anilines is 1. The van der Waals surface area contributed by atoms with E-state index in [4.69, 9.17) is 0 Å². The summed E-state index contributed by atoms with van der Waals surface area (Å²) in [4.78, 5) is 20.1. The monoisotopic (exact) mass is 276 g/mol. The van der Waals surface area contributed by atoms with Crippen LogP contribution in [0, 0.1) is 0 Å². The average molecular weight is 276 g/mol. The minimum atomic E-state index is -0.196. The number of nitrogens with zero attached hydrogens (tertiary/aromatic N) is 2. The third-order valence-corrected chi connectivity index (χ3v) is 3.37. The molecule has 2 aromatic rings. The van der Waals surface area contributed by atoms with Gasteiger partial charge in [0.15, 0.2) is 0 Å². The molecule has 0 aliphatic heterocycles. The molecular formula is C13H16N4OS. The first kappa shape index (κ1) is 13.5. The minimum Gasteiger partial charge on any atom is -0.372 e. The molecule has 2 aromatic heterocycles. The van der Waals surface area contributed by atoms with Gasteiger partial charge in [-0.05, 0) is 35.7 Å². The molecule has 1 amide bonds. The second kappa shape index (κ2) is 6.29. The Morgan fingerprint density at radius 3 is 2.84 bits per heavy atom. The fraction of sp³-hybridized carbons (Fsp3) is 0.308. The normalized spacial score (nSPS) is 11.9. The Labute approximate surface area is 116 Å². The Kier molecular flexibility index (Phi) is 4.46. The predicted molar refractivity (Wildman–Crippen MR) is 76.5 cm³/mol. The van der Waals surface area contributed by atoms with E-state index in [0.29, 0.717) is 11.5 Å². The van der Waals surface area contributed by atoms with Crippen LogP contribution < -0.4 is 10.6 Å². The van der Waals surface area contributed by atoms with Crippen molar-refractivity contribution < 1.29 is 4.79 Å². The number of carbonyl (C=O) groups is 1. The molecule has 0 aromatic carbocycles. The van der Waals surface area contributed by atoms with Crippen molar-refractivity contribution in [1.29, 1.82) is 0 Å². The van der Waals surface area contributed by atoms with Gasteiger partial charge in [0.25, 0.3) is 5.91 Å². The van der Waals surface area contributed by atoms with Gasteiger partial charge in [-0.3, -0.25) is 4.79 Å². The molecule has 0 spiro atoms. The van der Waals surface area contributed by atoms with Crippen molar-refractivity contribution in [2.45, 2.75) is 19.4 Å². The topological polar surface area (TPSA) is 66.9 Å². The van der Waals surface area contributed by atoms with Gasteiger partial charge in [-0.2, -0.15) is 11.3 Å². The van der Waals surface area contributed by atoms with Crippen molar-refractivity contribution in [1.82, 2.24) is 15.3 Å². The van der Waals surface area contributed by atoms with E-state index in [9.17, 15) is 4.79 Å². The number of hydrogen-bond acceptors (Lipinski definition) is 5. The van der Waals surface area contributed by atoms with Gasteiger partial charge >= 0.3 is 0 Å². The molecule has 1 unspecified atom stereocenters. The Morgan fingerprint density at radius 1 is 1.42 bits per heavy atom. The molecule has 19 heavy (non-hydrogen) atoms. The van der Waals surface area contributed by atoms with Crippen LogP contribution in [0.15, 0.2) is 29.2 Å². The number of carbonyl (C=O) groups excluding carboxylic acids is 1. The maximum atomic E-state index is 12.0. The molecule has 1 atom stereocenters. The Morgan fingerprint density at radius 2 is 2.26 bits per heavy atom. The van der Waals surface area contributed by atoms with Gasteiger partial charge in [0.1, 0.15) is 11.5 Å². The van der Waals surface area contributed by atoms with E-state index in [1.54, 1.807) is 24.6 Å². The fourth-order valence-electron chi connectivity index (χ4n) is 1.69. The third kappa shape index (κ3) is 3.75. The van der Waals surface area contributed by atoms with Crippen molar-refractivity contribution in [3.8, 4) is 0 Å². The molecule has 0 fully saturated rings. The number of thiophene rings is 1. The van der Waals surface area contributed by atoms with Crippen LogP contribution in [-0.4, -0.2) is 29.0 Å². The van der Waals surface area contributed by atoms with Crippen LogP contribution in [0.1, 0.15) is 23.0 Å². The van der Waals surface area contributed by atoms with Gasteiger partial charge in [-0.15, -0.1) is 0 Å². The number of nitrogens with one attached hydrogen (secondary N) is 2. The largest absolute Gasteiger partial charge is 0.372 e. The lowest BCUT2D eigenvalue weighted by atomic mass is 10.1. The van der Waals surface area contributed by atoms with Gasteiger partial charge in [0, 0.05) is 13.1 Å². The van der Waals surface area contributed by atoms with E-state index in [-0.39, 0.29) is 11.9 Å². The highest BCUT2D eigenvalue weighted by Gasteiger charge is 2.12. The Balaban J connectivity index is 1.92. The molecule has 0 aliphatic rings. The molecule has 2 rings (SSSR count). The summed E-state index contributed by atoms with van der Waals surface area (Å²) in [5.41, 5.74) is 1.56. The van der Waals surface area contributed by atoms with Gasteiger partial charge in [-0.25, -0.2) is 9.97 Å². The number of hydrogen-bond donors (Lipinski definition) is 2. The summed E-state index contributed by atoms with van der Waals surface area (Å²) >= 11 is 1.66. The van der Waals surface area contributed by atoms with Gasteiger partial charge < -0.3 is 10.6 Å². The van der Waals surface area contributed by atoms with Crippen molar-refractivity contribution in [2.75, 3.05) is 12.4 Å². The summed E-state index contributed by atoms with van der Waals surface area (Å²) < 4.78 is 0. The second-order valence-electron chi connectivity index (χ2n) is 4.25. The SMILES string of the molecule is CNc1cnc(C(=O)NC(C)Cc2ccsc2)cn1. The lowest BCUT2D eigenvalue weighted by Gasteiger charge is -2.12. The summed E-state index contributed by atoms with van der Waals surface area (Å²) in [7, 11) is 1.76. The summed E-state index contributed by atoms with van der Waals surface area (Å²) in [5, 5.41) is 9.90. The lowest BCUT2D eigenvalue weighted by molar-refractivity contribution is 0.0934. The van der Waals surface area contributed by atoms with Crippen LogP contribution in [0.5, 0.6) is 0 Å². The van der Waals surface area contributed by atoms with E-state index >= 15 is 0 Å². The molecule has 0 saturated carbocycles. The van der Waals surface area contributed by atoms with Crippen molar-refractivity contribution in [3.63, 3.8) is 0 Å². The van der Waals surface area contributed by atoms with Crippen LogP contribution in [0.3, 0.4) is 0 Å². The zero-order valence-electron chi connectivity index (χ0n) is 10.9. The lowest BCUT2D eigenvalue weighted by Crippen LogP contribution is -2.34. The third-order valence-electron chi connectivity index (χ3n) is 2.64. The zero-order chi connectivity index (χ0) is 13.7. The summed E-state index contributed by atoms with van der Waals surface area (Å²) in [6.07, 6.45) is 3.83. The van der Waals surface area contributed by atoms with Crippen LogP contribution in [-0.2, 0) is 6.42 Å². The molecule has 6 heteroatoms.